The summed E-state index contributed by atoms with van der Waals surface area (Å²) in [5.41, 5.74) is 1.06. The van der Waals surface area contributed by atoms with Gasteiger partial charge >= 0.3 is 5.97 Å². The van der Waals surface area contributed by atoms with Crippen molar-refractivity contribution in [2.24, 2.45) is 0 Å². The molecular weight excluding hydrogens is 266 g/mol. The van der Waals surface area contributed by atoms with Crippen molar-refractivity contribution in [1.29, 1.82) is 0 Å². The highest BCUT2D eigenvalue weighted by Gasteiger charge is 2.11. The molecule has 1 aromatic heterocycles. The number of rotatable bonds is 4. The summed E-state index contributed by atoms with van der Waals surface area (Å²) in [7, 11) is 0. The first kappa shape index (κ1) is 13.4. The molecule has 98 valence electrons. The first-order valence-electron chi connectivity index (χ1n) is 5.76. The van der Waals surface area contributed by atoms with E-state index in [0.29, 0.717) is 5.75 Å². The molecular formula is C14H12ClNO3. The van der Waals surface area contributed by atoms with Gasteiger partial charge in [-0.3, -0.25) is 0 Å². The monoisotopic (exact) mass is 277 g/mol. The van der Waals surface area contributed by atoms with Gasteiger partial charge in [0.15, 0.2) is 0 Å². The van der Waals surface area contributed by atoms with Crippen LogP contribution >= 0.6 is 11.6 Å². The lowest BCUT2D eigenvalue weighted by atomic mass is 10.1. The Bertz CT molecular complexity index is 613. The smallest absolute Gasteiger partial charge is 0.337 e. The number of aromatic nitrogens is 1. The standard InChI is InChI=1S/C14H12ClNO3/c1-2-9-5-3-4-6-12(9)19-13-11(15)7-10(8-16-13)14(17)18/h3-8H,2H2,1H3,(H,17,18). The van der Waals surface area contributed by atoms with E-state index >= 15 is 0 Å². The van der Waals surface area contributed by atoms with E-state index in [4.69, 9.17) is 21.4 Å². The highest BCUT2D eigenvalue weighted by molar-refractivity contribution is 6.32. The molecule has 0 saturated heterocycles. The first-order valence-corrected chi connectivity index (χ1v) is 6.14. The van der Waals surface area contributed by atoms with Crippen LogP contribution in [0.5, 0.6) is 11.6 Å². The Labute approximate surface area is 115 Å². The molecule has 1 N–H and O–H groups in total. The Morgan fingerprint density at radius 3 is 2.79 bits per heavy atom. The number of pyridine rings is 1. The molecule has 4 nitrogen and oxygen atoms in total. The summed E-state index contributed by atoms with van der Waals surface area (Å²) in [5.74, 6) is -0.204. The average Bonchev–Trinajstić information content (AvgIpc) is 2.41. The molecule has 0 saturated carbocycles. The lowest BCUT2D eigenvalue weighted by molar-refractivity contribution is 0.0696. The van der Waals surface area contributed by atoms with E-state index < -0.39 is 5.97 Å². The minimum Gasteiger partial charge on any atom is -0.478 e. The van der Waals surface area contributed by atoms with Crippen LogP contribution in [0.3, 0.4) is 0 Å². The van der Waals surface area contributed by atoms with E-state index in [1.165, 1.54) is 12.3 Å². The van der Waals surface area contributed by atoms with Crippen LogP contribution in [0, 0.1) is 0 Å². The van der Waals surface area contributed by atoms with Gasteiger partial charge in [0.1, 0.15) is 10.8 Å². The summed E-state index contributed by atoms with van der Waals surface area (Å²) in [6.45, 7) is 2.02. The van der Waals surface area contributed by atoms with Crippen molar-refractivity contribution in [3.8, 4) is 11.6 Å². The first-order chi connectivity index (χ1) is 9.11. The number of ether oxygens (including phenoxy) is 1. The topological polar surface area (TPSA) is 59.4 Å². The van der Waals surface area contributed by atoms with E-state index in [1.54, 1.807) is 0 Å². The van der Waals surface area contributed by atoms with E-state index in [2.05, 4.69) is 4.98 Å². The lowest BCUT2D eigenvalue weighted by Crippen LogP contribution is -1.99. The van der Waals surface area contributed by atoms with Crippen LogP contribution in [-0.2, 0) is 6.42 Å². The molecule has 2 aromatic rings. The largest absolute Gasteiger partial charge is 0.478 e. The van der Waals surface area contributed by atoms with E-state index in [1.807, 2.05) is 31.2 Å². The van der Waals surface area contributed by atoms with Crippen molar-refractivity contribution in [3.63, 3.8) is 0 Å². The normalized spacial score (nSPS) is 10.2. The number of aromatic carboxylic acids is 1. The molecule has 0 aliphatic rings. The quantitative estimate of drug-likeness (QED) is 0.924. The van der Waals surface area contributed by atoms with Crippen molar-refractivity contribution in [1.82, 2.24) is 4.98 Å². The Balaban J connectivity index is 2.31. The van der Waals surface area contributed by atoms with Gasteiger partial charge in [-0.2, -0.15) is 0 Å². The summed E-state index contributed by atoms with van der Waals surface area (Å²) in [4.78, 5) is 14.7. The Kier molecular flexibility index (Phi) is 4.02. The van der Waals surface area contributed by atoms with Crippen molar-refractivity contribution < 1.29 is 14.6 Å². The molecule has 1 aromatic carbocycles. The predicted octanol–water partition coefficient (Wildman–Crippen LogP) is 3.79. The number of carboxylic acids is 1. The molecule has 0 atom stereocenters. The second-order valence-corrected chi connectivity index (χ2v) is 4.29. The van der Waals surface area contributed by atoms with E-state index in [9.17, 15) is 4.79 Å². The molecule has 0 aliphatic heterocycles. The molecule has 0 radical (unpaired) electrons. The van der Waals surface area contributed by atoms with Gasteiger partial charge in [0.2, 0.25) is 5.88 Å². The van der Waals surface area contributed by atoms with Crippen molar-refractivity contribution in [3.05, 3.63) is 52.7 Å². The summed E-state index contributed by atoms with van der Waals surface area (Å²) in [6, 6.07) is 8.87. The van der Waals surface area contributed by atoms with Crippen LogP contribution in [0.15, 0.2) is 36.5 Å². The van der Waals surface area contributed by atoms with Gasteiger partial charge in [-0.25, -0.2) is 9.78 Å². The van der Waals surface area contributed by atoms with Crippen LogP contribution in [0.1, 0.15) is 22.8 Å². The zero-order valence-corrected chi connectivity index (χ0v) is 11.0. The second kappa shape index (κ2) is 5.71. The minimum atomic E-state index is -1.07. The molecule has 0 amide bonds. The van der Waals surface area contributed by atoms with Gasteiger partial charge in [0.25, 0.3) is 0 Å². The molecule has 0 spiro atoms. The average molecular weight is 278 g/mol. The maximum Gasteiger partial charge on any atom is 0.337 e. The molecule has 5 heteroatoms. The van der Waals surface area contributed by atoms with Crippen molar-refractivity contribution in [2.45, 2.75) is 13.3 Å². The minimum absolute atomic E-state index is 0.0288. The molecule has 0 bridgehead atoms. The number of carboxylic acid groups (broad SMARTS) is 1. The van der Waals surface area contributed by atoms with E-state index in [0.717, 1.165) is 12.0 Å². The van der Waals surface area contributed by atoms with Crippen LogP contribution in [-0.4, -0.2) is 16.1 Å². The fraction of sp³-hybridized carbons (Fsp3) is 0.143. The summed E-state index contributed by atoms with van der Waals surface area (Å²) < 4.78 is 5.63. The maximum absolute atomic E-state index is 10.8. The fourth-order valence-corrected chi connectivity index (χ4v) is 1.82. The van der Waals surface area contributed by atoms with Gasteiger partial charge in [-0.1, -0.05) is 36.7 Å². The maximum atomic E-state index is 10.8. The molecule has 2 rings (SSSR count). The zero-order chi connectivity index (χ0) is 13.8. The van der Waals surface area contributed by atoms with Gasteiger partial charge in [0, 0.05) is 6.20 Å². The molecule has 1 heterocycles. The number of carbonyl (C=O) groups is 1. The lowest BCUT2D eigenvalue weighted by Gasteiger charge is -2.10. The molecule has 0 unspecified atom stereocenters. The number of halogens is 1. The van der Waals surface area contributed by atoms with Crippen molar-refractivity contribution in [2.75, 3.05) is 0 Å². The van der Waals surface area contributed by atoms with Crippen LogP contribution in [0.25, 0.3) is 0 Å². The number of benzene rings is 1. The third-order valence-corrected chi connectivity index (χ3v) is 2.89. The third-order valence-electron chi connectivity index (χ3n) is 2.61. The third kappa shape index (κ3) is 3.03. The van der Waals surface area contributed by atoms with Gasteiger partial charge in [-0.05, 0) is 24.1 Å². The SMILES string of the molecule is CCc1ccccc1Oc1ncc(C(=O)O)cc1Cl. The summed E-state index contributed by atoms with van der Waals surface area (Å²) in [5, 5.41) is 9.00. The Morgan fingerprint density at radius 2 is 2.16 bits per heavy atom. The molecule has 0 aliphatic carbocycles. The van der Waals surface area contributed by atoms with Gasteiger partial charge < -0.3 is 9.84 Å². The van der Waals surface area contributed by atoms with Crippen LogP contribution < -0.4 is 4.74 Å². The Hall–Kier alpha value is -2.07. The predicted molar refractivity (Wildman–Crippen MR) is 72.1 cm³/mol. The number of aryl methyl sites for hydroxylation is 1. The van der Waals surface area contributed by atoms with Gasteiger partial charge in [0.05, 0.1) is 5.56 Å². The van der Waals surface area contributed by atoms with Crippen LogP contribution in [0.4, 0.5) is 0 Å². The van der Waals surface area contributed by atoms with Crippen LogP contribution in [0.2, 0.25) is 5.02 Å². The number of hydrogen-bond acceptors (Lipinski definition) is 3. The molecule has 0 fully saturated rings. The fourth-order valence-electron chi connectivity index (χ4n) is 1.62. The van der Waals surface area contributed by atoms with E-state index in [-0.39, 0.29) is 16.5 Å². The highest BCUT2D eigenvalue weighted by atomic mass is 35.5. The zero-order valence-electron chi connectivity index (χ0n) is 10.3. The number of para-hydroxylation sites is 1. The van der Waals surface area contributed by atoms with Gasteiger partial charge in [-0.15, -0.1) is 0 Å². The second-order valence-electron chi connectivity index (χ2n) is 3.88. The summed E-state index contributed by atoms with van der Waals surface area (Å²) >= 11 is 5.97. The number of nitrogens with zero attached hydrogens (tertiary/aromatic N) is 1. The van der Waals surface area contributed by atoms with Crippen molar-refractivity contribution >= 4 is 17.6 Å². The highest BCUT2D eigenvalue weighted by Crippen LogP contribution is 2.29. The summed E-state index contributed by atoms with van der Waals surface area (Å²) in [6.07, 6.45) is 2.04. The Morgan fingerprint density at radius 1 is 1.42 bits per heavy atom. The molecule has 19 heavy (non-hydrogen) atoms. The number of hydrogen-bond donors (Lipinski definition) is 1.